The second-order valence-electron chi connectivity index (χ2n) is 4.64. The molecule has 0 aromatic heterocycles. The molecule has 6 heteroatoms. The van der Waals surface area contributed by atoms with E-state index in [9.17, 15) is 14.3 Å². The molecule has 1 aromatic rings. The van der Waals surface area contributed by atoms with E-state index in [1.54, 1.807) is 0 Å². The Hall–Kier alpha value is -1.17. The summed E-state index contributed by atoms with van der Waals surface area (Å²) in [5.74, 6) is -1.22. The number of aliphatic hydroxyl groups is 1. The van der Waals surface area contributed by atoms with Crippen molar-refractivity contribution in [3.63, 3.8) is 0 Å². The third-order valence-electron chi connectivity index (χ3n) is 3.17. The molecule has 104 valence electrons. The Labute approximate surface area is 115 Å². The van der Waals surface area contributed by atoms with E-state index in [2.05, 4.69) is 5.32 Å². The van der Waals surface area contributed by atoms with Crippen LogP contribution in [0.15, 0.2) is 18.2 Å². The first-order valence-electron chi connectivity index (χ1n) is 6.04. The molecule has 4 nitrogen and oxygen atoms in total. The van der Waals surface area contributed by atoms with E-state index >= 15 is 0 Å². The maximum absolute atomic E-state index is 13.5. The number of amides is 1. The molecule has 2 N–H and O–H groups in total. The van der Waals surface area contributed by atoms with Crippen LogP contribution in [0.3, 0.4) is 0 Å². The van der Waals surface area contributed by atoms with Crippen LogP contribution < -0.4 is 5.32 Å². The van der Waals surface area contributed by atoms with E-state index < -0.39 is 17.3 Å². The largest absolute Gasteiger partial charge is 0.388 e. The zero-order valence-electron chi connectivity index (χ0n) is 10.3. The van der Waals surface area contributed by atoms with Crippen LogP contribution in [0, 0.1) is 5.82 Å². The Morgan fingerprint density at radius 1 is 1.47 bits per heavy atom. The summed E-state index contributed by atoms with van der Waals surface area (Å²) < 4.78 is 18.6. The predicted octanol–water partition coefficient (Wildman–Crippen LogP) is 1.75. The van der Waals surface area contributed by atoms with Crippen LogP contribution in [0.4, 0.5) is 4.39 Å². The van der Waals surface area contributed by atoms with Crippen molar-refractivity contribution >= 4 is 17.5 Å². The molecule has 0 unspecified atom stereocenters. The van der Waals surface area contributed by atoms with Gasteiger partial charge in [0.2, 0.25) is 0 Å². The number of halogens is 2. The number of ether oxygens (including phenoxy) is 1. The monoisotopic (exact) mass is 287 g/mol. The number of rotatable bonds is 3. The molecule has 0 bridgehead atoms. The summed E-state index contributed by atoms with van der Waals surface area (Å²) in [6.45, 7) is 0.983. The fraction of sp³-hybridized carbons (Fsp3) is 0.462. The first-order valence-corrected chi connectivity index (χ1v) is 6.41. The Bertz CT molecular complexity index is 475. The highest BCUT2D eigenvalue weighted by molar-refractivity contribution is 6.30. The highest BCUT2D eigenvalue weighted by Crippen LogP contribution is 2.20. The minimum absolute atomic E-state index is 0.0706. The Balaban J connectivity index is 1.99. The average molecular weight is 288 g/mol. The molecule has 1 aromatic carbocycles. The van der Waals surface area contributed by atoms with Gasteiger partial charge >= 0.3 is 0 Å². The smallest absolute Gasteiger partial charge is 0.254 e. The lowest BCUT2D eigenvalue weighted by Gasteiger charge is -2.32. The van der Waals surface area contributed by atoms with E-state index in [4.69, 9.17) is 16.3 Å². The van der Waals surface area contributed by atoms with Crippen molar-refractivity contribution in [1.82, 2.24) is 5.32 Å². The third kappa shape index (κ3) is 3.65. The number of hydrogen-bond donors (Lipinski definition) is 2. The van der Waals surface area contributed by atoms with Gasteiger partial charge in [0.1, 0.15) is 5.82 Å². The SMILES string of the molecule is O=C(NCC1(O)CCOCC1)c1cc(Cl)ccc1F. The highest BCUT2D eigenvalue weighted by Gasteiger charge is 2.30. The van der Waals surface area contributed by atoms with Crippen LogP contribution in [0.1, 0.15) is 23.2 Å². The fourth-order valence-electron chi connectivity index (χ4n) is 1.94. The second-order valence-corrected chi connectivity index (χ2v) is 5.08. The van der Waals surface area contributed by atoms with Gasteiger partial charge in [0.25, 0.3) is 5.91 Å². The van der Waals surface area contributed by atoms with Crippen molar-refractivity contribution in [1.29, 1.82) is 0 Å². The van der Waals surface area contributed by atoms with Gasteiger partial charge in [0.15, 0.2) is 0 Å². The average Bonchev–Trinajstić information content (AvgIpc) is 2.40. The molecule has 0 spiro atoms. The van der Waals surface area contributed by atoms with Gasteiger partial charge in [-0.25, -0.2) is 4.39 Å². The number of hydrogen-bond acceptors (Lipinski definition) is 3. The predicted molar refractivity (Wildman–Crippen MR) is 68.7 cm³/mol. The van der Waals surface area contributed by atoms with E-state index in [0.717, 1.165) is 6.07 Å². The van der Waals surface area contributed by atoms with E-state index in [1.807, 2.05) is 0 Å². The van der Waals surface area contributed by atoms with Crippen molar-refractivity contribution in [2.45, 2.75) is 18.4 Å². The van der Waals surface area contributed by atoms with Crippen LogP contribution in [0.25, 0.3) is 0 Å². The Morgan fingerprint density at radius 3 is 2.84 bits per heavy atom. The van der Waals surface area contributed by atoms with Crippen LogP contribution in [-0.4, -0.2) is 36.4 Å². The molecule has 1 fully saturated rings. The van der Waals surface area contributed by atoms with Crippen LogP contribution in [0.2, 0.25) is 5.02 Å². The van der Waals surface area contributed by atoms with Gasteiger partial charge in [-0.2, -0.15) is 0 Å². The Morgan fingerprint density at radius 2 is 2.16 bits per heavy atom. The molecule has 1 aliphatic rings. The van der Waals surface area contributed by atoms with Crippen LogP contribution in [-0.2, 0) is 4.74 Å². The molecule has 2 rings (SSSR count). The summed E-state index contributed by atoms with van der Waals surface area (Å²) in [7, 11) is 0. The normalized spacial score (nSPS) is 18.1. The second kappa shape index (κ2) is 5.86. The lowest BCUT2D eigenvalue weighted by Crippen LogP contribution is -2.46. The van der Waals surface area contributed by atoms with Gasteiger partial charge in [-0.1, -0.05) is 11.6 Å². The zero-order chi connectivity index (χ0) is 13.9. The third-order valence-corrected chi connectivity index (χ3v) is 3.41. The van der Waals surface area contributed by atoms with Crippen molar-refractivity contribution in [2.24, 2.45) is 0 Å². The summed E-state index contributed by atoms with van der Waals surface area (Å²) >= 11 is 5.72. The van der Waals surface area contributed by atoms with Crippen molar-refractivity contribution in [2.75, 3.05) is 19.8 Å². The minimum Gasteiger partial charge on any atom is -0.388 e. The van der Waals surface area contributed by atoms with Crippen LogP contribution >= 0.6 is 11.6 Å². The molecule has 0 saturated carbocycles. The van der Waals surface area contributed by atoms with Gasteiger partial charge in [-0.3, -0.25) is 4.79 Å². The number of carbonyl (C=O) groups is 1. The first kappa shape index (κ1) is 14.2. The molecule has 19 heavy (non-hydrogen) atoms. The number of benzene rings is 1. The molecule has 1 aliphatic heterocycles. The standard InChI is InChI=1S/C13H15ClFNO3/c14-9-1-2-11(15)10(7-9)12(17)16-8-13(18)3-5-19-6-4-13/h1-2,7,18H,3-6,8H2,(H,16,17). The van der Waals surface area contributed by atoms with Gasteiger partial charge in [0.05, 0.1) is 11.2 Å². The molecular weight excluding hydrogens is 273 g/mol. The van der Waals surface area contributed by atoms with Crippen molar-refractivity contribution in [3.8, 4) is 0 Å². The molecule has 1 saturated heterocycles. The zero-order valence-corrected chi connectivity index (χ0v) is 11.0. The molecule has 0 radical (unpaired) electrons. The lowest BCUT2D eigenvalue weighted by atomic mass is 9.94. The lowest BCUT2D eigenvalue weighted by molar-refractivity contribution is -0.0605. The van der Waals surface area contributed by atoms with Gasteiger partial charge in [-0.05, 0) is 18.2 Å². The maximum atomic E-state index is 13.5. The van der Waals surface area contributed by atoms with E-state index in [-0.39, 0.29) is 17.1 Å². The molecular formula is C13H15ClFNO3. The topological polar surface area (TPSA) is 58.6 Å². The fourth-order valence-corrected chi connectivity index (χ4v) is 2.11. The quantitative estimate of drug-likeness (QED) is 0.890. The molecule has 0 atom stereocenters. The van der Waals surface area contributed by atoms with Gasteiger partial charge < -0.3 is 15.2 Å². The van der Waals surface area contributed by atoms with Crippen molar-refractivity contribution in [3.05, 3.63) is 34.6 Å². The van der Waals surface area contributed by atoms with E-state index in [0.29, 0.717) is 26.1 Å². The summed E-state index contributed by atoms with van der Waals surface area (Å²) in [5.41, 5.74) is -1.11. The summed E-state index contributed by atoms with van der Waals surface area (Å²) in [5, 5.41) is 13.0. The Kier molecular flexibility index (Phi) is 4.39. The molecule has 0 aliphatic carbocycles. The van der Waals surface area contributed by atoms with E-state index in [1.165, 1.54) is 12.1 Å². The number of nitrogens with one attached hydrogen (secondary N) is 1. The highest BCUT2D eigenvalue weighted by atomic mass is 35.5. The maximum Gasteiger partial charge on any atom is 0.254 e. The summed E-state index contributed by atoms with van der Waals surface area (Å²) in [4.78, 5) is 11.9. The van der Waals surface area contributed by atoms with Gasteiger partial charge in [-0.15, -0.1) is 0 Å². The van der Waals surface area contributed by atoms with Gasteiger partial charge in [0, 0.05) is 37.6 Å². The first-order chi connectivity index (χ1) is 9.00. The van der Waals surface area contributed by atoms with Crippen molar-refractivity contribution < 1.29 is 19.0 Å². The molecule has 1 heterocycles. The summed E-state index contributed by atoms with van der Waals surface area (Å²) in [6, 6.07) is 3.78. The number of carbonyl (C=O) groups excluding carboxylic acids is 1. The molecule has 1 amide bonds. The van der Waals surface area contributed by atoms with Crippen LogP contribution in [0.5, 0.6) is 0 Å². The summed E-state index contributed by atoms with van der Waals surface area (Å²) in [6.07, 6.45) is 0.899. The minimum atomic E-state index is -0.983.